The second kappa shape index (κ2) is 105. The van der Waals surface area contributed by atoms with Gasteiger partial charge in [0.25, 0.3) is 0 Å². The van der Waals surface area contributed by atoms with Crippen LogP contribution in [0.3, 0.4) is 0 Å². The Morgan fingerprint density at radius 3 is 0.270 bits per heavy atom. The van der Waals surface area contributed by atoms with Crippen molar-refractivity contribution in [1.82, 2.24) is 0 Å². The second-order valence-corrected chi connectivity index (χ2v) is 36.9. The fourth-order valence-electron chi connectivity index (χ4n) is 16.6. The molecule has 0 saturated carbocycles. The number of aliphatic carboxylic acids is 1. The molecule has 111 heavy (non-hydrogen) atoms. The first-order valence-electron chi connectivity index (χ1n) is 51.0. The summed E-state index contributed by atoms with van der Waals surface area (Å²) in [4.78, 5) is 8.89. The summed E-state index contributed by atoms with van der Waals surface area (Å²) in [7, 11) is 10.2. The highest BCUT2D eigenvalue weighted by molar-refractivity contribution is 5.60. The predicted molar refractivity (Wildman–Crippen MR) is 494 cm³/mol. The molecule has 0 aromatic carbocycles. The average molecular weight is 1590 g/mol. The molecule has 0 unspecified atom stereocenters. The zero-order valence-corrected chi connectivity index (χ0v) is 80.6. The van der Waals surface area contributed by atoms with Crippen molar-refractivity contribution in [2.24, 2.45) is 0 Å². The summed E-state index contributed by atoms with van der Waals surface area (Å²) in [5.74, 6) is -1.08. The third-order valence-electron chi connectivity index (χ3n) is 24.6. The van der Waals surface area contributed by atoms with E-state index in [1.54, 1.807) is 0 Å². The van der Waals surface area contributed by atoms with E-state index in [-0.39, 0.29) is 14.1 Å². The van der Waals surface area contributed by atoms with E-state index in [1.165, 1.54) is 559 Å². The Hall–Kier alpha value is -0.900. The lowest BCUT2D eigenvalue weighted by atomic mass is 10.1. The summed E-state index contributed by atoms with van der Waals surface area (Å²) < 4.78 is 5.43. The number of carbonyl (C=O) groups excluding carboxylic acids is 1. The lowest BCUT2D eigenvalue weighted by molar-refractivity contribution is -0.910. The summed E-state index contributed by atoms with van der Waals surface area (Å²) in [6.07, 6.45) is 103. The quantitative estimate of drug-likeness (QED) is 0.0450. The van der Waals surface area contributed by atoms with Crippen LogP contribution in [0.1, 0.15) is 552 Å². The second-order valence-electron chi connectivity index (χ2n) is 36.9. The molecule has 0 aliphatic carbocycles. The molecule has 0 N–H and O–H groups in total. The predicted octanol–water partition coefficient (Wildman–Crippen LogP) is 23.8. The van der Waals surface area contributed by atoms with Gasteiger partial charge in [-0.25, -0.2) is 0 Å². The van der Waals surface area contributed by atoms with Gasteiger partial charge in [-0.15, -0.1) is 0 Å². The number of rotatable bonds is 84. The van der Waals surface area contributed by atoms with Crippen molar-refractivity contribution in [2.75, 3.05) is 107 Å². The van der Waals surface area contributed by atoms with Gasteiger partial charge in [0.1, 0.15) is 0 Å². The van der Waals surface area contributed by atoms with Crippen LogP contribution in [-0.4, -0.2) is 131 Å². The largest absolute Gasteiger partial charge is 1.00 e. The van der Waals surface area contributed by atoms with Gasteiger partial charge in [-0.2, -0.15) is 0 Å². The van der Waals surface area contributed by atoms with E-state index >= 15 is 0 Å². The zero-order chi connectivity index (χ0) is 81.0. The van der Waals surface area contributed by atoms with E-state index in [1.807, 2.05) is 0 Å². The van der Waals surface area contributed by atoms with Gasteiger partial charge in [-0.1, -0.05) is 391 Å². The maximum absolute atomic E-state index is 8.89. The summed E-state index contributed by atoms with van der Waals surface area (Å²) >= 11 is 0. The maximum atomic E-state index is 8.89. The van der Waals surface area contributed by atoms with Crippen LogP contribution in [0, 0.1) is 0 Å². The minimum Gasteiger partial charge on any atom is -1.00 e. The molecule has 0 aliphatic heterocycles. The fraction of sp³-hybridized carbons (Fsp3) is 0.990. The average Bonchev–Trinajstić information content (AvgIpc) is 0.926. The van der Waals surface area contributed by atoms with Crippen molar-refractivity contribution in [3.05, 3.63) is 0 Å². The highest BCUT2D eigenvalue weighted by atomic mass is 19.0. The van der Waals surface area contributed by atoms with Crippen molar-refractivity contribution in [3.63, 3.8) is 0 Å². The van der Waals surface area contributed by atoms with Gasteiger partial charge in [0.15, 0.2) is 0 Å². The molecule has 6 nitrogen and oxygen atoms in total. The number of carboxylic acids is 1. The standard InChI is InChI=1S/4C25H54N.C2H4O2.3FH/c4*1-5-8-11-14-17-20-23-26(4,24-21-18-15-12-9-6-2)25-22-19-16-13-10-7-3;1-2(3)4;;;/h4*5-25H2,1-4H3;1H3,(H,3,4);3*1H/q4*+1;;;;/p-4. The molecule has 0 radical (unpaired) electrons. The number of halogens is 3. The topological polar surface area (TPSA) is 40.1 Å². The van der Waals surface area contributed by atoms with Crippen molar-refractivity contribution in [2.45, 2.75) is 552 Å². The van der Waals surface area contributed by atoms with Crippen LogP contribution in [0.25, 0.3) is 0 Å². The third kappa shape index (κ3) is 109. The zero-order valence-electron chi connectivity index (χ0n) is 80.6. The number of hydrogen-bond acceptors (Lipinski definition) is 2. The van der Waals surface area contributed by atoms with Crippen LogP contribution in [-0.2, 0) is 4.79 Å². The summed E-state index contributed by atoms with van der Waals surface area (Å²) in [5, 5.41) is 8.89. The molecule has 9 heteroatoms. The van der Waals surface area contributed by atoms with E-state index < -0.39 is 5.97 Å². The van der Waals surface area contributed by atoms with Crippen molar-refractivity contribution in [1.29, 1.82) is 0 Å². The minimum atomic E-state index is -1.08. The van der Waals surface area contributed by atoms with E-state index in [4.69, 9.17) is 9.90 Å². The fourth-order valence-corrected chi connectivity index (χ4v) is 16.6. The summed E-state index contributed by atoms with van der Waals surface area (Å²) in [5.41, 5.74) is 0. The first kappa shape index (κ1) is 126. The number of nitrogens with zero attached hydrogens (tertiary/aromatic N) is 4. The Balaban J connectivity index is -0.000000207. The minimum absolute atomic E-state index is 0. The van der Waals surface area contributed by atoms with Gasteiger partial charge in [-0.3, -0.25) is 0 Å². The molecule has 0 aliphatic rings. The Labute approximate surface area is 703 Å². The van der Waals surface area contributed by atoms with E-state index in [9.17, 15) is 0 Å². The molecule has 0 heterocycles. The van der Waals surface area contributed by atoms with Gasteiger partial charge in [0.2, 0.25) is 0 Å². The Morgan fingerprint density at radius 1 is 0.153 bits per heavy atom. The monoisotopic (exact) mass is 1590 g/mol. The number of carbonyl (C=O) groups is 1. The van der Waals surface area contributed by atoms with E-state index in [2.05, 4.69) is 111 Å². The van der Waals surface area contributed by atoms with Crippen molar-refractivity contribution < 1.29 is 41.9 Å². The Kier molecular flexibility index (Phi) is 119. The van der Waals surface area contributed by atoms with Crippen LogP contribution >= 0.6 is 0 Å². The Bertz CT molecular complexity index is 1220. The molecule has 0 saturated heterocycles. The highest BCUT2D eigenvalue weighted by Gasteiger charge is 2.24. The summed E-state index contributed by atoms with van der Waals surface area (Å²) in [6.45, 7) is 45.9. The molecule has 0 atom stereocenters. The van der Waals surface area contributed by atoms with Crippen molar-refractivity contribution in [3.8, 4) is 0 Å². The van der Waals surface area contributed by atoms with Crippen molar-refractivity contribution >= 4 is 5.97 Å². The maximum Gasteiger partial charge on any atom is 0.0784 e. The third-order valence-corrected chi connectivity index (χ3v) is 24.6. The molecule has 0 fully saturated rings. The van der Waals surface area contributed by atoms with E-state index in [0.717, 1.165) is 6.92 Å². The smallest absolute Gasteiger partial charge is 0.0784 e. The molecule has 0 aromatic heterocycles. The molecule has 0 spiro atoms. The molecule has 680 valence electrons. The lowest BCUT2D eigenvalue weighted by Crippen LogP contribution is -3.00. The van der Waals surface area contributed by atoms with Crippen LogP contribution in [0.15, 0.2) is 0 Å². The number of unbranched alkanes of at least 4 members (excludes halogenated alkanes) is 60. The van der Waals surface area contributed by atoms with Crippen LogP contribution < -0.4 is 19.2 Å². The van der Waals surface area contributed by atoms with Crippen LogP contribution in [0.5, 0.6) is 0 Å². The number of hydrogen-bond donors (Lipinski definition) is 0. The number of carboxylic acid groups (broad SMARTS) is 1. The van der Waals surface area contributed by atoms with Gasteiger partial charge >= 0.3 is 0 Å². The van der Waals surface area contributed by atoms with Crippen LogP contribution in [0.4, 0.5) is 0 Å². The normalized spacial score (nSPS) is 11.5. The Morgan fingerprint density at radius 2 is 0.207 bits per heavy atom. The first-order valence-corrected chi connectivity index (χ1v) is 51.0. The van der Waals surface area contributed by atoms with Gasteiger partial charge in [-0.05, 0) is 161 Å². The molecular weight excluding hydrogens is 1370 g/mol. The molecular formula is C102H219F3N4O2. The lowest BCUT2D eigenvalue weighted by Gasteiger charge is -2.35. The highest BCUT2D eigenvalue weighted by Crippen LogP contribution is 2.22. The van der Waals surface area contributed by atoms with Gasteiger partial charge < -0.3 is 41.9 Å². The summed E-state index contributed by atoms with van der Waals surface area (Å²) in [6, 6.07) is 0. The molecule has 0 bridgehead atoms. The molecule has 0 rings (SSSR count). The number of quaternary nitrogens is 4. The van der Waals surface area contributed by atoms with E-state index in [0.29, 0.717) is 0 Å². The van der Waals surface area contributed by atoms with Gasteiger partial charge in [0.05, 0.1) is 107 Å². The van der Waals surface area contributed by atoms with Gasteiger partial charge in [0, 0.05) is 5.97 Å². The van der Waals surface area contributed by atoms with Crippen LogP contribution in [0.2, 0.25) is 0 Å². The molecule has 0 amide bonds. The molecule has 0 aromatic rings. The first-order chi connectivity index (χ1) is 52.5. The SMILES string of the molecule is CC(=O)[O-].CCCCCCCC[N+](C)(CCCCCCCC)CCCCCCCC.CCCCCCCC[N+](C)(CCCCCCCC)CCCCCCCC.CCCCCCCC[N+](C)(CCCCCCCC)CCCCCCCC.CCCCCCCC[N+](C)(CCCCCCCC)CCCCCCCC.[F-].[F-].[F-].